The first-order valence-corrected chi connectivity index (χ1v) is 7.96. The zero-order chi connectivity index (χ0) is 16.1. The summed E-state index contributed by atoms with van der Waals surface area (Å²) in [5.74, 6) is 0. The van der Waals surface area contributed by atoms with Crippen LogP contribution in [0.25, 0.3) is 0 Å². The molecule has 112 valence electrons. The van der Waals surface area contributed by atoms with Crippen LogP contribution in [0.2, 0.25) is 0 Å². The summed E-state index contributed by atoms with van der Waals surface area (Å²) in [6, 6.07) is 5.03. The fourth-order valence-electron chi connectivity index (χ4n) is 1.19. The Morgan fingerprint density at radius 2 is 1.53 bits per heavy atom. The molecule has 0 spiro atoms. The van der Waals surface area contributed by atoms with Gasteiger partial charge < -0.3 is 0 Å². The minimum Gasteiger partial charge on any atom is -0.282 e. The van der Waals surface area contributed by atoms with Gasteiger partial charge in [-0.2, -0.15) is 8.42 Å². The molecule has 1 rings (SSSR count). The predicted molar refractivity (Wildman–Crippen MR) is 84.3 cm³/mol. The number of rotatable bonds is 2. The summed E-state index contributed by atoms with van der Waals surface area (Å²) in [5, 5.41) is 0. The minimum atomic E-state index is -4.07. The van der Waals surface area contributed by atoms with Crippen molar-refractivity contribution in [3.8, 4) is 0 Å². The number of hydrogen-bond acceptors (Lipinski definition) is 2. The van der Waals surface area contributed by atoms with E-state index in [1.54, 1.807) is 13.0 Å². The molecule has 0 fully saturated rings. The average Bonchev–Trinajstić information content (AvgIpc) is 2.44. The first kappa shape index (κ1) is 23.0. The zero-order valence-corrected chi connectivity index (χ0v) is 13.8. The van der Waals surface area contributed by atoms with Gasteiger partial charge in [0.05, 0.1) is 4.90 Å². The molecular formula is C15H28O3S. The molecule has 3 nitrogen and oxygen atoms in total. The van der Waals surface area contributed by atoms with Crippen molar-refractivity contribution in [2.24, 2.45) is 0 Å². The van der Waals surface area contributed by atoms with Crippen LogP contribution < -0.4 is 0 Å². The molecule has 0 amide bonds. The Morgan fingerprint density at radius 3 is 1.84 bits per heavy atom. The van der Waals surface area contributed by atoms with Gasteiger partial charge in [0, 0.05) is 0 Å². The summed E-state index contributed by atoms with van der Waals surface area (Å²) in [5.41, 5.74) is 1.47. The molecular weight excluding hydrogens is 260 g/mol. The Bertz CT molecular complexity index is 423. The van der Waals surface area contributed by atoms with Crippen LogP contribution in [0.5, 0.6) is 0 Å². The van der Waals surface area contributed by atoms with Crippen molar-refractivity contribution >= 4 is 10.1 Å². The van der Waals surface area contributed by atoms with E-state index in [4.69, 9.17) is 4.55 Å². The largest absolute Gasteiger partial charge is 0.294 e. The van der Waals surface area contributed by atoms with E-state index in [1.165, 1.54) is 6.07 Å². The minimum absolute atomic E-state index is 0.0231. The van der Waals surface area contributed by atoms with Crippen molar-refractivity contribution in [3.63, 3.8) is 0 Å². The van der Waals surface area contributed by atoms with E-state index in [1.807, 2.05) is 40.7 Å². The Kier molecular flexibility index (Phi) is 16.1. The molecule has 4 heteroatoms. The highest BCUT2D eigenvalue weighted by atomic mass is 32.2. The van der Waals surface area contributed by atoms with Gasteiger partial charge in [0.15, 0.2) is 0 Å². The van der Waals surface area contributed by atoms with Gasteiger partial charge in [0.2, 0.25) is 0 Å². The van der Waals surface area contributed by atoms with Gasteiger partial charge >= 0.3 is 0 Å². The van der Waals surface area contributed by atoms with Crippen molar-refractivity contribution in [3.05, 3.63) is 42.5 Å². The van der Waals surface area contributed by atoms with E-state index >= 15 is 0 Å². The van der Waals surface area contributed by atoms with Crippen LogP contribution in [0.1, 0.15) is 45.7 Å². The summed E-state index contributed by atoms with van der Waals surface area (Å²) in [7, 11) is -4.07. The molecule has 0 aliphatic carbocycles. The van der Waals surface area contributed by atoms with Gasteiger partial charge in [-0.1, -0.05) is 46.8 Å². The number of hydrogen-bond donors (Lipinski definition) is 1. The summed E-state index contributed by atoms with van der Waals surface area (Å²) in [6.07, 6.45) is 0.593. The molecule has 0 bridgehead atoms. The summed E-state index contributed by atoms with van der Waals surface area (Å²) >= 11 is 0. The van der Waals surface area contributed by atoms with Gasteiger partial charge in [-0.3, -0.25) is 4.55 Å². The summed E-state index contributed by atoms with van der Waals surface area (Å²) in [6.45, 7) is 17.6. The number of benzene rings is 1. The van der Waals surface area contributed by atoms with Crippen LogP contribution >= 0.6 is 0 Å². The fraction of sp³-hybridized carbons (Fsp3) is 0.467. The number of aryl methyl sites for hydroxylation is 2. The summed E-state index contributed by atoms with van der Waals surface area (Å²) in [4.78, 5) is 0.0231. The van der Waals surface area contributed by atoms with Crippen molar-refractivity contribution in [1.29, 1.82) is 0 Å². The molecule has 1 N–H and O–H groups in total. The van der Waals surface area contributed by atoms with Gasteiger partial charge in [0.25, 0.3) is 10.1 Å². The molecule has 0 aliphatic rings. The molecule has 0 aliphatic heterocycles. The molecule has 0 saturated carbocycles. The Labute approximate surface area is 119 Å². The van der Waals surface area contributed by atoms with Crippen LogP contribution in [-0.2, 0) is 16.5 Å². The average molecular weight is 288 g/mol. The lowest BCUT2D eigenvalue weighted by Crippen LogP contribution is -2.02. The van der Waals surface area contributed by atoms with Gasteiger partial charge in [-0.05, 0) is 30.5 Å². The molecule has 0 saturated heterocycles. The van der Waals surface area contributed by atoms with Gasteiger partial charge in [-0.25, -0.2) is 0 Å². The maximum absolute atomic E-state index is 10.9. The SMILES string of the molecule is C=C.CC.CC.CCc1ccc(C)cc1S(=O)(=O)O. The smallest absolute Gasteiger partial charge is 0.282 e. The van der Waals surface area contributed by atoms with E-state index in [2.05, 4.69) is 13.2 Å². The fourth-order valence-corrected chi connectivity index (χ4v) is 2.07. The van der Waals surface area contributed by atoms with Crippen molar-refractivity contribution in [1.82, 2.24) is 0 Å². The van der Waals surface area contributed by atoms with E-state index < -0.39 is 10.1 Å². The third-order valence-corrected chi connectivity index (χ3v) is 2.82. The second kappa shape index (κ2) is 13.3. The van der Waals surface area contributed by atoms with Crippen LogP contribution in [0, 0.1) is 6.92 Å². The molecule has 1 aromatic rings. The summed E-state index contributed by atoms with van der Waals surface area (Å²) < 4.78 is 30.7. The van der Waals surface area contributed by atoms with Crippen molar-refractivity contribution in [2.75, 3.05) is 0 Å². The lowest BCUT2D eigenvalue weighted by atomic mass is 10.1. The van der Waals surface area contributed by atoms with E-state index in [0.717, 1.165) is 5.56 Å². The van der Waals surface area contributed by atoms with Crippen molar-refractivity contribution < 1.29 is 13.0 Å². The van der Waals surface area contributed by atoms with Crippen LogP contribution in [-0.4, -0.2) is 13.0 Å². The van der Waals surface area contributed by atoms with E-state index in [9.17, 15) is 8.42 Å². The highest BCUT2D eigenvalue weighted by Crippen LogP contribution is 2.17. The van der Waals surface area contributed by atoms with E-state index in [-0.39, 0.29) is 4.90 Å². The Hall–Kier alpha value is -1.13. The predicted octanol–water partition coefficient (Wildman–Crippen LogP) is 4.66. The molecule has 0 radical (unpaired) electrons. The first-order valence-electron chi connectivity index (χ1n) is 6.52. The van der Waals surface area contributed by atoms with Crippen LogP contribution in [0.15, 0.2) is 36.3 Å². The normalized spacial score (nSPS) is 8.79. The third-order valence-electron chi connectivity index (χ3n) is 1.88. The lowest BCUT2D eigenvalue weighted by molar-refractivity contribution is 0.482. The molecule has 0 unspecified atom stereocenters. The van der Waals surface area contributed by atoms with Gasteiger partial charge in [-0.15, -0.1) is 13.2 Å². The molecule has 19 heavy (non-hydrogen) atoms. The van der Waals surface area contributed by atoms with Gasteiger partial charge in [0.1, 0.15) is 0 Å². The Morgan fingerprint density at radius 1 is 1.11 bits per heavy atom. The quantitative estimate of drug-likeness (QED) is 0.636. The standard InChI is InChI=1S/C9H12O3S.2C2H6.C2H4/c1-3-8-5-4-7(2)6-9(8)13(10,11)12;3*1-2/h4-6H,3H2,1-2H3,(H,10,11,12);2*1-2H3;1-2H2. The van der Waals surface area contributed by atoms with Crippen LogP contribution in [0.3, 0.4) is 0 Å². The monoisotopic (exact) mass is 288 g/mol. The maximum atomic E-state index is 10.9. The lowest BCUT2D eigenvalue weighted by Gasteiger charge is -2.05. The maximum Gasteiger partial charge on any atom is 0.294 e. The second-order valence-electron chi connectivity index (χ2n) is 2.94. The molecule has 1 aromatic carbocycles. The van der Waals surface area contributed by atoms with Crippen molar-refractivity contribution in [2.45, 2.75) is 52.9 Å². The molecule has 0 atom stereocenters. The third kappa shape index (κ3) is 9.45. The highest BCUT2D eigenvalue weighted by molar-refractivity contribution is 7.85. The topological polar surface area (TPSA) is 54.4 Å². The zero-order valence-electron chi connectivity index (χ0n) is 13.0. The Balaban J connectivity index is -0.000000375. The molecule has 0 heterocycles. The van der Waals surface area contributed by atoms with Crippen LogP contribution in [0.4, 0.5) is 0 Å². The second-order valence-corrected chi connectivity index (χ2v) is 4.33. The van der Waals surface area contributed by atoms with E-state index in [0.29, 0.717) is 12.0 Å². The first-order chi connectivity index (χ1) is 8.95. The highest BCUT2D eigenvalue weighted by Gasteiger charge is 2.13. The molecule has 0 aromatic heterocycles.